The van der Waals surface area contributed by atoms with Crippen LogP contribution in [0.2, 0.25) is 0 Å². The van der Waals surface area contributed by atoms with Crippen LogP contribution in [0.3, 0.4) is 0 Å². The summed E-state index contributed by atoms with van der Waals surface area (Å²) in [5.41, 5.74) is 7.85. The number of hydrogen-bond donors (Lipinski definition) is 2. The van der Waals surface area contributed by atoms with Crippen molar-refractivity contribution in [3.05, 3.63) is 103 Å². The zero-order chi connectivity index (χ0) is 32.9. The molecule has 2 N–H and O–H groups in total. The molecule has 0 spiro atoms. The molecule has 2 aromatic heterocycles. The van der Waals surface area contributed by atoms with Crippen molar-refractivity contribution in [3.8, 4) is 11.3 Å². The Morgan fingerprint density at radius 2 is 1.83 bits per heavy atom. The van der Waals surface area contributed by atoms with Gasteiger partial charge < -0.3 is 25.0 Å². The molecule has 0 bridgehead atoms. The minimum atomic E-state index is -0.0626. The minimum absolute atomic E-state index is 0.0626. The third kappa shape index (κ3) is 10.2. The fraction of sp³-hybridized carbons (Fsp3) is 0.351. The van der Waals surface area contributed by atoms with Crippen LogP contribution in [0.4, 0.5) is 17.3 Å². The van der Waals surface area contributed by atoms with E-state index < -0.39 is 0 Å². The summed E-state index contributed by atoms with van der Waals surface area (Å²) in [6.45, 7) is 14.8. The molecule has 1 atom stereocenters. The first-order chi connectivity index (χ1) is 22.2. The predicted molar refractivity (Wildman–Crippen MR) is 186 cm³/mol. The van der Waals surface area contributed by atoms with Crippen LogP contribution < -0.4 is 10.6 Å². The first-order valence-corrected chi connectivity index (χ1v) is 15.8. The monoisotopic (exact) mass is 622 g/mol. The number of carbonyl (C=O) groups is 1. The van der Waals surface area contributed by atoms with Crippen LogP contribution in [0, 0.1) is 12.8 Å². The molecule has 242 valence electrons. The van der Waals surface area contributed by atoms with Crippen molar-refractivity contribution in [2.75, 3.05) is 37.4 Å². The molecule has 1 amide bonds. The second-order valence-electron chi connectivity index (χ2n) is 11.8. The highest BCUT2D eigenvalue weighted by atomic mass is 16.7. The lowest BCUT2D eigenvalue weighted by Gasteiger charge is -2.29. The van der Waals surface area contributed by atoms with Gasteiger partial charge in [-0.15, -0.1) is 0 Å². The molecule has 4 aromatic rings. The summed E-state index contributed by atoms with van der Waals surface area (Å²) in [5.74, 6) is 1.61. The average Bonchev–Trinajstić information content (AvgIpc) is 3.09. The van der Waals surface area contributed by atoms with Crippen molar-refractivity contribution in [2.24, 2.45) is 5.92 Å². The number of anilines is 3. The molecular formula is C37H46N6O3. The second kappa shape index (κ2) is 17.2. The molecule has 1 saturated heterocycles. The molecule has 1 unspecified atom stereocenters. The highest BCUT2D eigenvalue weighted by Gasteiger charge is 2.19. The number of pyridine rings is 1. The Morgan fingerprint density at radius 3 is 2.48 bits per heavy atom. The quantitative estimate of drug-likeness (QED) is 0.123. The van der Waals surface area contributed by atoms with E-state index in [4.69, 9.17) is 9.47 Å². The van der Waals surface area contributed by atoms with Gasteiger partial charge in [-0.3, -0.25) is 9.78 Å². The Balaban J connectivity index is 0.000000468. The van der Waals surface area contributed by atoms with Crippen LogP contribution in [-0.2, 0) is 14.3 Å². The first kappa shape index (κ1) is 34.3. The van der Waals surface area contributed by atoms with E-state index in [1.54, 1.807) is 25.7 Å². The van der Waals surface area contributed by atoms with Gasteiger partial charge in [0, 0.05) is 61.4 Å². The van der Waals surface area contributed by atoms with Gasteiger partial charge >= 0.3 is 0 Å². The highest BCUT2D eigenvalue weighted by molar-refractivity contribution is 5.78. The van der Waals surface area contributed by atoms with Gasteiger partial charge in [-0.25, -0.2) is 9.97 Å². The van der Waals surface area contributed by atoms with E-state index in [9.17, 15) is 4.79 Å². The number of hydrogen-bond acceptors (Lipinski definition) is 8. The predicted octanol–water partition coefficient (Wildman–Crippen LogP) is 7.66. The number of methoxy groups -OCH3 is 1. The van der Waals surface area contributed by atoms with E-state index in [0.717, 1.165) is 78.4 Å². The molecule has 2 aromatic carbocycles. The second-order valence-corrected chi connectivity index (χ2v) is 11.8. The van der Waals surface area contributed by atoms with Crippen molar-refractivity contribution >= 4 is 29.4 Å². The summed E-state index contributed by atoms with van der Waals surface area (Å²) in [6, 6.07) is 20.4. The van der Waals surface area contributed by atoms with E-state index in [0.29, 0.717) is 17.8 Å². The molecule has 1 fully saturated rings. The fourth-order valence-corrected chi connectivity index (χ4v) is 4.99. The Bertz CT molecular complexity index is 1540. The molecule has 9 nitrogen and oxygen atoms in total. The van der Waals surface area contributed by atoms with Gasteiger partial charge in [-0.05, 0) is 85.5 Å². The fourth-order valence-electron chi connectivity index (χ4n) is 4.99. The lowest BCUT2D eigenvalue weighted by atomic mass is 9.89. The number of aryl methyl sites for hydroxylation is 1. The molecule has 0 aliphatic carbocycles. The van der Waals surface area contributed by atoms with Gasteiger partial charge in [-0.2, -0.15) is 0 Å². The van der Waals surface area contributed by atoms with Gasteiger partial charge in [0.05, 0.1) is 12.3 Å². The molecule has 9 heteroatoms. The Morgan fingerprint density at radius 1 is 1.07 bits per heavy atom. The molecule has 1 aliphatic heterocycles. The number of rotatable bonds is 12. The van der Waals surface area contributed by atoms with Crippen molar-refractivity contribution in [2.45, 2.75) is 52.7 Å². The number of ether oxygens (including phenoxy) is 2. The van der Waals surface area contributed by atoms with E-state index in [1.165, 1.54) is 5.56 Å². The molecule has 1 aliphatic rings. The van der Waals surface area contributed by atoms with E-state index in [1.807, 2.05) is 49.1 Å². The summed E-state index contributed by atoms with van der Waals surface area (Å²) in [5, 5.41) is 6.78. The van der Waals surface area contributed by atoms with Crippen LogP contribution in [0.5, 0.6) is 0 Å². The van der Waals surface area contributed by atoms with Gasteiger partial charge in [0.25, 0.3) is 0 Å². The molecule has 0 radical (unpaired) electrons. The molecule has 3 heterocycles. The van der Waals surface area contributed by atoms with Gasteiger partial charge in [-0.1, -0.05) is 50.8 Å². The number of piperidine rings is 1. The zero-order valence-electron chi connectivity index (χ0n) is 27.6. The standard InChI is InChI=1S/C30H30N6O.C7H16O2/c1-21-5-10-27(18-29(21)35-30-32-15-11-28(34-30)26-4-3-14-31-19-26)33-22(2)23-6-8-24(9-7-23)25-12-16-36(20-37)17-13-25;1-6(2)5-9-7(3)8-4/h3-11,14-15,18-20,25,33H,2,12-13,16-17H2,1H3,(H,32,34,35);6-7H,5H2,1-4H3. The Kier molecular flexibility index (Phi) is 12.8. The van der Waals surface area contributed by atoms with Crippen molar-refractivity contribution in [1.82, 2.24) is 19.9 Å². The number of likely N-dealkylation sites (tertiary alicyclic amines) is 1. The summed E-state index contributed by atoms with van der Waals surface area (Å²) >= 11 is 0. The number of nitrogens with one attached hydrogen (secondary N) is 2. The average molecular weight is 623 g/mol. The number of carbonyl (C=O) groups excluding carboxylic acids is 1. The maximum atomic E-state index is 11.0. The molecule has 5 rings (SSSR count). The first-order valence-electron chi connectivity index (χ1n) is 15.8. The van der Waals surface area contributed by atoms with E-state index in [2.05, 4.69) is 76.3 Å². The molecule has 0 saturated carbocycles. The van der Waals surface area contributed by atoms with Crippen molar-refractivity contribution in [1.29, 1.82) is 0 Å². The molecular weight excluding hydrogens is 576 g/mol. The largest absolute Gasteiger partial charge is 0.356 e. The topological polar surface area (TPSA) is 102 Å². The maximum absolute atomic E-state index is 11.0. The Labute approximate surface area is 273 Å². The summed E-state index contributed by atoms with van der Waals surface area (Å²) < 4.78 is 10.1. The normalized spacial score (nSPS) is 13.8. The van der Waals surface area contributed by atoms with Crippen LogP contribution in [0.15, 0.2) is 85.8 Å². The van der Waals surface area contributed by atoms with E-state index >= 15 is 0 Å². The molecule has 46 heavy (non-hydrogen) atoms. The highest BCUT2D eigenvalue weighted by Crippen LogP contribution is 2.30. The van der Waals surface area contributed by atoms with Gasteiger partial charge in [0.1, 0.15) is 0 Å². The van der Waals surface area contributed by atoms with Crippen molar-refractivity contribution in [3.63, 3.8) is 0 Å². The minimum Gasteiger partial charge on any atom is -0.356 e. The van der Waals surface area contributed by atoms with Crippen LogP contribution in [-0.4, -0.2) is 59.4 Å². The summed E-state index contributed by atoms with van der Waals surface area (Å²) in [6.07, 6.45) is 8.17. The van der Waals surface area contributed by atoms with Gasteiger partial charge in [0.2, 0.25) is 12.4 Å². The smallest absolute Gasteiger partial charge is 0.227 e. The maximum Gasteiger partial charge on any atom is 0.227 e. The summed E-state index contributed by atoms with van der Waals surface area (Å²) in [4.78, 5) is 26.0. The van der Waals surface area contributed by atoms with Crippen LogP contribution in [0.25, 0.3) is 17.0 Å². The third-order valence-electron chi connectivity index (χ3n) is 7.80. The van der Waals surface area contributed by atoms with Crippen molar-refractivity contribution < 1.29 is 14.3 Å². The third-order valence-corrected chi connectivity index (χ3v) is 7.80. The Hall–Kier alpha value is -4.60. The lowest BCUT2D eigenvalue weighted by Crippen LogP contribution is -2.31. The number of nitrogens with zero attached hydrogens (tertiary/aromatic N) is 4. The summed E-state index contributed by atoms with van der Waals surface area (Å²) in [7, 11) is 1.64. The van der Waals surface area contributed by atoms with Crippen LogP contribution in [0.1, 0.15) is 56.2 Å². The van der Waals surface area contributed by atoms with E-state index in [-0.39, 0.29) is 6.29 Å². The lowest BCUT2D eigenvalue weighted by molar-refractivity contribution is -0.119. The SMILES string of the molecule is C=C(Nc1ccc(C)c(Nc2nccc(-c3cccnc3)n2)c1)c1ccc(C2CCN(C=O)CC2)cc1.COC(C)OCC(C)C. The zero-order valence-corrected chi connectivity index (χ0v) is 27.6. The van der Waals surface area contributed by atoms with Crippen LogP contribution >= 0.6 is 0 Å². The number of aromatic nitrogens is 3. The number of benzene rings is 2. The number of amides is 1. The van der Waals surface area contributed by atoms with Gasteiger partial charge in [0.15, 0.2) is 6.29 Å².